The predicted molar refractivity (Wildman–Crippen MR) is 129 cm³/mol. The van der Waals surface area contributed by atoms with Crippen LogP contribution in [-0.2, 0) is 40.2 Å². The minimum absolute atomic E-state index is 0.204. The normalized spacial score (nSPS) is 19.2. The van der Waals surface area contributed by atoms with Crippen molar-refractivity contribution in [1.82, 2.24) is 19.7 Å². The summed E-state index contributed by atoms with van der Waals surface area (Å²) in [6.07, 6.45) is -3.60. The predicted octanol–water partition coefficient (Wildman–Crippen LogP) is 5.58. The van der Waals surface area contributed by atoms with Crippen molar-refractivity contribution in [3.05, 3.63) is 67.3 Å². The summed E-state index contributed by atoms with van der Waals surface area (Å²) < 4.78 is 52.8. The summed E-state index contributed by atoms with van der Waals surface area (Å²) in [4.78, 5) is 19.2. The first kappa shape index (κ1) is 25.4. The van der Waals surface area contributed by atoms with Crippen molar-refractivity contribution < 1.29 is 27.4 Å². The van der Waals surface area contributed by atoms with Gasteiger partial charge in [0.15, 0.2) is 5.69 Å². The molecule has 1 unspecified atom stereocenters. The van der Waals surface area contributed by atoms with Gasteiger partial charge in [0, 0.05) is 34.6 Å². The Morgan fingerprint density at radius 2 is 1.89 bits per heavy atom. The average Bonchev–Trinajstić information content (AvgIpc) is 3.42. The Labute approximate surface area is 218 Å². The van der Waals surface area contributed by atoms with Crippen molar-refractivity contribution in [2.75, 3.05) is 13.1 Å². The van der Waals surface area contributed by atoms with E-state index in [1.54, 1.807) is 16.2 Å². The van der Waals surface area contributed by atoms with Crippen LogP contribution >= 0.6 is 27.3 Å². The molecule has 192 valence electrons. The molecule has 0 saturated carbocycles. The van der Waals surface area contributed by atoms with Crippen LogP contribution in [0.5, 0.6) is 0 Å². The minimum atomic E-state index is -4.53. The first-order valence-corrected chi connectivity index (χ1v) is 13.2. The number of piperidine rings is 1. The molecule has 2 aliphatic rings. The van der Waals surface area contributed by atoms with Crippen LogP contribution in [0.25, 0.3) is 0 Å². The van der Waals surface area contributed by atoms with Crippen LogP contribution in [0.3, 0.4) is 0 Å². The molecule has 36 heavy (non-hydrogen) atoms. The van der Waals surface area contributed by atoms with E-state index in [0.717, 1.165) is 49.9 Å². The molecule has 1 fully saturated rings. The van der Waals surface area contributed by atoms with Crippen LogP contribution in [0.4, 0.5) is 13.2 Å². The van der Waals surface area contributed by atoms with Gasteiger partial charge in [-0.3, -0.25) is 9.48 Å². The highest BCUT2D eigenvalue weighted by molar-refractivity contribution is 9.10. The summed E-state index contributed by atoms with van der Waals surface area (Å²) in [5.74, 6) is -0.0327. The standard InChI is InChI=1S/C24H24BrF3N4O3S/c1-14-8-20(24(26,27)28)30-32(14)10-21(33)31-6-4-15(5-7-31)22-29-19(13-36-22)23-34-11-16-2-3-18(25)9-17(16)12-35-23/h2-3,8-9,13,15,23H,4-7,10-12H2,1H3. The molecule has 5 rings (SSSR count). The summed E-state index contributed by atoms with van der Waals surface area (Å²) in [6.45, 7) is 3.23. The van der Waals surface area contributed by atoms with Gasteiger partial charge in [0.25, 0.3) is 0 Å². The Morgan fingerprint density at radius 1 is 1.17 bits per heavy atom. The average molecular weight is 585 g/mol. The number of rotatable bonds is 4. The SMILES string of the molecule is Cc1cc(C(F)(F)F)nn1CC(=O)N1CCC(c2nc(C3OCc4ccc(Br)cc4CO3)cs2)CC1. The van der Waals surface area contributed by atoms with Gasteiger partial charge in [-0.2, -0.15) is 18.3 Å². The molecule has 0 radical (unpaired) electrons. The summed E-state index contributed by atoms with van der Waals surface area (Å²) in [7, 11) is 0. The number of hydrogen-bond acceptors (Lipinski definition) is 6. The lowest BCUT2D eigenvalue weighted by Gasteiger charge is -2.31. The van der Waals surface area contributed by atoms with E-state index in [4.69, 9.17) is 14.5 Å². The van der Waals surface area contributed by atoms with E-state index in [2.05, 4.69) is 21.0 Å². The largest absolute Gasteiger partial charge is 0.435 e. The second-order valence-electron chi connectivity index (χ2n) is 8.96. The maximum Gasteiger partial charge on any atom is 0.435 e. The molecule has 0 aliphatic carbocycles. The third kappa shape index (κ3) is 5.51. The lowest BCUT2D eigenvalue weighted by atomic mass is 9.97. The molecule has 1 atom stereocenters. The quantitative estimate of drug-likeness (QED) is 0.400. The second-order valence-corrected chi connectivity index (χ2v) is 10.8. The lowest BCUT2D eigenvalue weighted by molar-refractivity contribution is -0.155. The Balaban J connectivity index is 1.16. The third-order valence-corrected chi connectivity index (χ3v) is 8.00. The summed E-state index contributed by atoms with van der Waals surface area (Å²) in [5.41, 5.74) is 2.24. The van der Waals surface area contributed by atoms with E-state index >= 15 is 0 Å². The zero-order valence-electron chi connectivity index (χ0n) is 19.4. The van der Waals surface area contributed by atoms with E-state index < -0.39 is 18.2 Å². The molecule has 1 aromatic carbocycles. The number of likely N-dealkylation sites (tertiary alicyclic amines) is 1. The van der Waals surface area contributed by atoms with Gasteiger partial charge >= 0.3 is 6.18 Å². The fraction of sp³-hybridized carbons (Fsp3) is 0.458. The molecule has 2 aliphatic heterocycles. The van der Waals surface area contributed by atoms with Crippen molar-refractivity contribution in [2.45, 2.75) is 57.9 Å². The molecule has 2 aromatic heterocycles. The first-order valence-electron chi connectivity index (χ1n) is 11.5. The number of ether oxygens (including phenoxy) is 2. The maximum atomic E-state index is 12.9. The van der Waals surface area contributed by atoms with E-state index in [1.165, 1.54) is 6.92 Å². The van der Waals surface area contributed by atoms with Gasteiger partial charge in [-0.25, -0.2) is 4.98 Å². The van der Waals surface area contributed by atoms with Gasteiger partial charge in [-0.15, -0.1) is 11.3 Å². The number of amides is 1. The fourth-order valence-electron chi connectivity index (χ4n) is 4.43. The summed E-state index contributed by atoms with van der Waals surface area (Å²) >= 11 is 5.05. The van der Waals surface area contributed by atoms with E-state index in [-0.39, 0.29) is 18.4 Å². The van der Waals surface area contributed by atoms with Gasteiger partial charge in [0.05, 0.1) is 18.2 Å². The van der Waals surface area contributed by atoms with Crippen LogP contribution in [-0.4, -0.2) is 38.7 Å². The number of benzene rings is 1. The zero-order valence-corrected chi connectivity index (χ0v) is 21.8. The van der Waals surface area contributed by atoms with Crippen LogP contribution in [0.1, 0.15) is 58.3 Å². The van der Waals surface area contributed by atoms with Crippen molar-refractivity contribution >= 4 is 33.2 Å². The molecule has 12 heteroatoms. The van der Waals surface area contributed by atoms with Gasteiger partial charge in [0.1, 0.15) is 12.2 Å². The summed E-state index contributed by atoms with van der Waals surface area (Å²) in [5, 5.41) is 6.50. The highest BCUT2D eigenvalue weighted by atomic mass is 79.9. The molecule has 7 nitrogen and oxygen atoms in total. The Hall–Kier alpha value is -2.28. The molecule has 0 spiro atoms. The Bertz CT molecular complexity index is 1250. The molecule has 0 N–H and O–H groups in total. The van der Waals surface area contributed by atoms with E-state index in [9.17, 15) is 18.0 Å². The second kappa shape index (κ2) is 10.2. The molecule has 1 amide bonds. The molecular weight excluding hydrogens is 561 g/mol. The molecule has 1 saturated heterocycles. The summed E-state index contributed by atoms with van der Waals surface area (Å²) in [6, 6.07) is 7.00. The Morgan fingerprint density at radius 3 is 2.58 bits per heavy atom. The smallest absolute Gasteiger partial charge is 0.342 e. The van der Waals surface area contributed by atoms with Gasteiger partial charge in [0.2, 0.25) is 12.2 Å². The number of halogens is 4. The Kier molecular flexibility index (Phi) is 7.21. The van der Waals surface area contributed by atoms with Crippen molar-refractivity contribution in [1.29, 1.82) is 0 Å². The van der Waals surface area contributed by atoms with E-state index in [0.29, 0.717) is 32.0 Å². The van der Waals surface area contributed by atoms with Gasteiger partial charge in [-0.1, -0.05) is 22.0 Å². The molecular formula is C24H24BrF3N4O3S. The number of aryl methyl sites for hydroxylation is 1. The van der Waals surface area contributed by atoms with Crippen LogP contribution in [0, 0.1) is 6.92 Å². The first-order chi connectivity index (χ1) is 17.2. The highest BCUT2D eigenvalue weighted by Crippen LogP contribution is 2.35. The zero-order chi connectivity index (χ0) is 25.4. The van der Waals surface area contributed by atoms with Crippen molar-refractivity contribution in [3.63, 3.8) is 0 Å². The molecule has 0 bridgehead atoms. The van der Waals surface area contributed by atoms with Gasteiger partial charge in [-0.05, 0) is 49.1 Å². The number of carbonyl (C=O) groups excluding carboxylic acids is 1. The number of thiazole rings is 1. The van der Waals surface area contributed by atoms with Crippen molar-refractivity contribution in [2.24, 2.45) is 0 Å². The number of carbonyl (C=O) groups is 1. The highest BCUT2D eigenvalue weighted by Gasteiger charge is 2.35. The number of hydrogen-bond donors (Lipinski definition) is 0. The topological polar surface area (TPSA) is 69.5 Å². The fourth-order valence-corrected chi connectivity index (χ4v) is 5.83. The number of alkyl halides is 3. The third-order valence-electron chi connectivity index (χ3n) is 6.48. The monoisotopic (exact) mass is 584 g/mol. The maximum absolute atomic E-state index is 12.9. The van der Waals surface area contributed by atoms with Crippen LogP contribution in [0.2, 0.25) is 0 Å². The molecule has 4 heterocycles. The van der Waals surface area contributed by atoms with Crippen LogP contribution in [0.15, 0.2) is 34.1 Å². The molecule has 3 aromatic rings. The minimum Gasteiger partial charge on any atom is -0.342 e. The van der Waals surface area contributed by atoms with Crippen LogP contribution < -0.4 is 0 Å². The number of fused-ring (bicyclic) bond motifs is 1. The van der Waals surface area contributed by atoms with E-state index in [1.807, 2.05) is 23.6 Å². The van der Waals surface area contributed by atoms with Crippen molar-refractivity contribution in [3.8, 4) is 0 Å². The number of aromatic nitrogens is 3. The lowest BCUT2D eigenvalue weighted by Crippen LogP contribution is -2.40. The van der Waals surface area contributed by atoms with Gasteiger partial charge < -0.3 is 14.4 Å². The number of nitrogens with zero attached hydrogens (tertiary/aromatic N) is 4.